The van der Waals surface area contributed by atoms with Crippen LogP contribution in [0.3, 0.4) is 0 Å². The van der Waals surface area contributed by atoms with Gasteiger partial charge in [0.15, 0.2) is 0 Å². The summed E-state index contributed by atoms with van der Waals surface area (Å²) in [6.07, 6.45) is 3.00. The van der Waals surface area contributed by atoms with Crippen LogP contribution in [0.15, 0.2) is 71.9 Å². The minimum atomic E-state index is -3.90. The smallest absolute Gasteiger partial charge is 0.275 e. The van der Waals surface area contributed by atoms with Gasteiger partial charge in [0, 0.05) is 18.3 Å². The molecular formula is C18H15N3O5S. The van der Waals surface area contributed by atoms with Gasteiger partial charge in [-0.25, -0.2) is 8.42 Å². The van der Waals surface area contributed by atoms with Crippen LogP contribution in [0.25, 0.3) is 0 Å². The van der Waals surface area contributed by atoms with Crippen LogP contribution in [0.2, 0.25) is 0 Å². The summed E-state index contributed by atoms with van der Waals surface area (Å²) in [5.41, 5.74) is 0.623. The fraction of sp³-hybridized carbons (Fsp3) is 0.0556. The lowest BCUT2D eigenvalue weighted by Crippen LogP contribution is -2.13. The molecule has 0 spiro atoms. The van der Waals surface area contributed by atoms with Crippen LogP contribution >= 0.6 is 0 Å². The number of nitrogens with zero attached hydrogens (tertiary/aromatic N) is 2. The first kappa shape index (κ1) is 18.3. The van der Waals surface area contributed by atoms with Crippen LogP contribution in [-0.2, 0) is 10.0 Å². The van der Waals surface area contributed by atoms with Gasteiger partial charge in [0.25, 0.3) is 15.7 Å². The Hall–Kier alpha value is -3.46. The molecule has 0 aliphatic rings. The number of hydrogen-bond acceptors (Lipinski definition) is 6. The Kier molecular flexibility index (Phi) is 5.04. The van der Waals surface area contributed by atoms with Crippen LogP contribution in [0.1, 0.15) is 5.56 Å². The van der Waals surface area contributed by atoms with Crippen LogP contribution in [-0.4, -0.2) is 18.3 Å². The van der Waals surface area contributed by atoms with Crippen molar-refractivity contribution < 1.29 is 18.1 Å². The molecule has 0 radical (unpaired) electrons. The van der Waals surface area contributed by atoms with Gasteiger partial charge in [0.1, 0.15) is 11.5 Å². The minimum absolute atomic E-state index is 0.0173. The normalized spacial score (nSPS) is 11.0. The van der Waals surface area contributed by atoms with Crippen LogP contribution in [0.4, 0.5) is 11.4 Å². The molecule has 0 aliphatic carbocycles. The van der Waals surface area contributed by atoms with Crippen LogP contribution in [0, 0.1) is 17.0 Å². The summed E-state index contributed by atoms with van der Waals surface area (Å²) in [7, 11) is -3.90. The van der Waals surface area contributed by atoms with Crippen molar-refractivity contribution in [2.45, 2.75) is 11.8 Å². The number of rotatable bonds is 6. The Balaban J connectivity index is 1.94. The highest BCUT2D eigenvalue weighted by Gasteiger charge is 2.18. The van der Waals surface area contributed by atoms with E-state index in [0.717, 1.165) is 11.6 Å². The number of non-ortho nitro benzene ring substituents is 1. The van der Waals surface area contributed by atoms with Crippen LogP contribution in [0.5, 0.6) is 11.5 Å². The number of hydrogen-bond donors (Lipinski definition) is 1. The number of aromatic nitrogens is 1. The third-order valence-corrected chi connectivity index (χ3v) is 4.95. The van der Waals surface area contributed by atoms with Gasteiger partial charge in [-0.2, -0.15) is 0 Å². The highest BCUT2D eigenvalue weighted by atomic mass is 32.2. The Morgan fingerprint density at radius 2 is 1.81 bits per heavy atom. The molecule has 0 atom stereocenters. The van der Waals surface area contributed by atoms with Gasteiger partial charge in [-0.05, 0) is 31.2 Å². The monoisotopic (exact) mass is 385 g/mol. The molecule has 138 valence electrons. The highest BCUT2D eigenvalue weighted by molar-refractivity contribution is 7.92. The van der Waals surface area contributed by atoms with Gasteiger partial charge in [0.05, 0.1) is 27.8 Å². The molecule has 1 N–H and O–H groups in total. The van der Waals surface area contributed by atoms with Crippen molar-refractivity contribution in [3.8, 4) is 11.5 Å². The molecule has 0 fully saturated rings. The molecule has 0 unspecified atom stereocenters. The average molecular weight is 385 g/mol. The number of pyridine rings is 1. The topological polar surface area (TPSA) is 111 Å². The van der Waals surface area contributed by atoms with E-state index in [0.29, 0.717) is 5.75 Å². The Morgan fingerprint density at radius 1 is 1.07 bits per heavy atom. The van der Waals surface area contributed by atoms with E-state index in [1.54, 1.807) is 30.5 Å². The number of nitrogens with one attached hydrogen (secondary N) is 1. The first-order valence-corrected chi connectivity index (χ1v) is 9.29. The molecule has 0 bridgehead atoms. The van der Waals surface area contributed by atoms with Crippen molar-refractivity contribution in [2.24, 2.45) is 0 Å². The standard InChI is InChI=1S/C18H15N3O5S/c1-13-4-6-18(7-5-13)27(24,25)20-14-9-15(21(22)23)11-17(10-14)26-16-3-2-8-19-12-16/h2-12,20H,1H3. The van der Waals surface area contributed by atoms with Crippen LogP contribution < -0.4 is 9.46 Å². The number of aryl methyl sites for hydroxylation is 1. The van der Waals surface area contributed by atoms with E-state index in [4.69, 9.17) is 4.74 Å². The van der Waals surface area contributed by atoms with Crippen molar-refractivity contribution in [1.29, 1.82) is 0 Å². The Morgan fingerprint density at radius 3 is 2.44 bits per heavy atom. The molecule has 0 aliphatic heterocycles. The maximum atomic E-state index is 12.5. The summed E-state index contributed by atoms with van der Waals surface area (Å²) in [6, 6.07) is 13.2. The van der Waals surface area contributed by atoms with Crippen molar-refractivity contribution in [3.63, 3.8) is 0 Å². The van der Waals surface area contributed by atoms with Gasteiger partial charge >= 0.3 is 0 Å². The fourth-order valence-corrected chi connectivity index (χ4v) is 3.32. The van der Waals surface area contributed by atoms with E-state index in [9.17, 15) is 18.5 Å². The van der Waals surface area contributed by atoms with E-state index < -0.39 is 14.9 Å². The summed E-state index contributed by atoms with van der Waals surface area (Å²) < 4.78 is 33.0. The molecule has 0 saturated carbocycles. The molecule has 0 amide bonds. The fourth-order valence-electron chi connectivity index (χ4n) is 2.28. The second-order valence-corrected chi connectivity index (χ2v) is 7.36. The summed E-state index contributed by atoms with van der Waals surface area (Å²) >= 11 is 0. The molecule has 3 aromatic rings. The van der Waals surface area contributed by atoms with Gasteiger partial charge in [-0.1, -0.05) is 17.7 Å². The van der Waals surface area contributed by atoms with E-state index in [-0.39, 0.29) is 22.0 Å². The van der Waals surface area contributed by atoms with Crippen molar-refractivity contribution in [2.75, 3.05) is 4.72 Å². The quantitative estimate of drug-likeness (QED) is 0.509. The molecule has 3 rings (SSSR count). The van der Waals surface area contributed by atoms with Gasteiger partial charge < -0.3 is 4.74 Å². The summed E-state index contributed by atoms with van der Waals surface area (Å²) in [6.45, 7) is 1.84. The number of sulfonamides is 1. The number of nitro groups is 1. The predicted octanol–water partition coefficient (Wildman–Crippen LogP) is 3.89. The van der Waals surface area contributed by atoms with Gasteiger partial charge in [0.2, 0.25) is 0 Å². The maximum absolute atomic E-state index is 12.5. The van der Waals surface area contributed by atoms with E-state index in [2.05, 4.69) is 9.71 Å². The average Bonchev–Trinajstić information content (AvgIpc) is 2.62. The zero-order valence-corrected chi connectivity index (χ0v) is 15.0. The van der Waals surface area contributed by atoms with Crippen molar-refractivity contribution in [3.05, 3.63) is 82.7 Å². The van der Waals surface area contributed by atoms with E-state index >= 15 is 0 Å². The lowest BCUT2D eigenvalue weighted by Gasteiger charge is -2.11. The predicted molar refractivity (Wildman–Crippen MR) is 99.4 cm³/mol. The van der Waals surface area contributed by atoms with Crippen molar-refractivity contribution >= 4 is 21.4 Å². The summed E-state index contributed by atoms with van der Waals surface area (Å²) in [5.74, 6) is 0.476. The number of nitro benzene ring substituents is 1. The zero-order valence-electron chi connectivity index (χ0n) is 14.2. The Bertz CT molecular complexity index is 1070. The molecule has 27 heavy (non-hydrogen) atoms. The second kappa shape index (κ2) is 7.42. The number of ether oxygens (including phenoxy) is 1. The SMILES string of the molecule is Cc1ccc(S(=O)(=O)Nc2cc(Oc3cccnc3)cc([N+](=O)[O-])c2)cc1. The molecule has 0 saturated heterocycles. The summed E-state index contributed by atoms with van der Waals surface area (Å²) in [4.78, 5) is 14.5. The Labute approximate surface area is 155 Å². The maximum Gasteiger partial charge on any atom is 0.275 e. The molecular weight excluding hydrogens is 370 g/mol. The van der Waals surface area contributed by atoms with E-state index in [1.165, 1.54) is 30.5 Å². The third-order valence-electron chi connectivity index (χ3n) is 3.56. The van der Waals surface area contributed by atoms with Crippen molar-refractivity contribution in [1.82, 2.24) is 4.98 Å². The highest BCUT2D eigenvalue weighted by Crippen LogP contribution is 2.30. The van der Waals surface area contributed by atoms with E-state index in [1.807, 2.05) is 6.92 Å². The number of benzene rings is 2. The molecule has 9 heteroatoms. The lowest BCUT2D eigenvalue weighted by molar-refractivity contribution is -0.384. The lowest BCUT2D eigenvalue weighted by atomic mass is 10.2. The minimum Gasteiger partial charge on any atom is -0.455 e. The molecule has 2 aromatic carbocycles. The zero-order chi connectivity index (χ0) is 19.4. The molecule has 1 heterocycles. The first-order chi connectivity index (χ1) is 12.8. The molecule has 1 aromatic heterocycles. The first-order valence-electron chi connectivity index (χ1n) is 7.80. The van der Waals surface area contributed by atoms with Gasteiger partial charge in [-0.15, -0.1) is 0 Å². The number of anilines is 1. The summed E-state index contributed by atoms with van der Waals surface area (Å²) in [5, 5.41) is 11.2. The third kappa shape index (κ3) is 4.59. The second-order valence-electron chi connectivity index (χ2n) is 5.68. The molecule has 8 nitrogen and oxygen atoms in total. The largest absolute Gasteiger partial charge is 0.455 e. The van der Waals surface area contributed by atoms with Gasteiger partial charge in [-0.3, -0.25) is 19.8 Å².